The Balaban J connectivity index is 1.12. The van der Waals surface area contributed by atoms with Gasteiger partial charge in [0.05, 0.1) is 33.5 Å². The zero-order valence-electron chi connectivity index (χ0n) is 29.8. The molecule has 11 aromatic rings. The van der Waals surface area contributed by atoms with Gasteiger partial charge in [0.2, 0.25) is 0 Å². The topological polar surface area (TPSA) is 43.6 Å². The number of hydrogen-bond acceptors (Lipinski definition) is 3. The maximum atomic E-state index is 5.37. The van der Waals surface area contributed by atoms with Crippen molar-refractivity contribution in [3.63, 3.8) is 0 Å². The molecule has 4 heteroatoms. The zero-order chi connectivity index (χ0) is 36.3. The lowest BCUT2D eigenvalue weighted by Crippen LogP contribution is -1.95. The summed E-state index contributed by atoms with van der Waals surface area (Å²) < 4.78 is 2.39. The zero-order valence-corrected chi connectivity index (χ0v) is 29.8. The Morgan fingerprint density at radius 1 is 0.291 bits per heavy atom. The fourth-order valence-electron chi connectivity index (χ4n) is 8.18. The molecular formula is C51H32N4. The average Bonchev–Trinajstić information content (AvgIpc) is 3.58. The van der Waals surface area contributed by atoms with E-state index in [2.05, 4.69) is 180 Å². The minimum absolute atomic E-state index is 0.708. The SMILES string of the molecule is c1ccc(-c2nc(-c3cccc(-c4ccc5c(c4)c4cc6nc(-c7ccccc7)c7ccccc7c6cc4n5-c4ccccc4)c3)nc3ccccc23)cc1. The van der Waals surface area contributed by atoms with E-state index >= 15 is 0 Å². The van der Waals surface area contributed by atoms with Crippen molar-refractivity contribution in [3.05, 3.63) is 194 Å². The summed E-state index contributed by atoms with van der Waals surface area (Å²) in [6, 6.07) is 68.5. The van der Waals surface area contributed by atoms with Crippen molar-refractivity contribution >= 4 is 54.4 Å². The number of fused-ring (bicyclic) bond motifs is 7. The van der Waals surface area contributed by atoms with Crippen LogP contribution in [-0.4, -0.2) is 19.5 Å². The minimum atomic E-state index is 0.708. The quantitative estimate of drug-likeness (QED) is 0.168. The van der Waals surface area contributed by atoms with Crippen LogP contribution in [0.1, 0.15) is 0 Å². The minimum Gasteiger partial charge on any atom is -0.309 e. The Morgan fingerprint density at radius 3 is 1.64 bits per heavy atom. The molecule has 0 saturated carbocycles. The van der Waals surface area contributed by atoms with Gasteiger partial charge in [-0.3, -0.25) is 0 Å². The van der Waals surface area contributed by atoms with Crippen LogP contribution in [0, 0.1) is 0 Å². The molecule has 55 heavy (non-hydrogen) atoms. The Kier molecular flexibility index (Phi) is 7.14. The maximum absolute atomic E-state index is 5.37. The number of pyridine rings is 1. The van der Waals surface area contributed by atoms with Crippen LogP contribution >= 0.6 is 0 Å². The van der Waals surface area contributed by atoms with Gasteiger partial charge < -0.3 is 4.57 Å². The first-order valence-corrected chi connectivity index (χ1v) is 18.6. The summed E-state index contributed by atoms with van der Waals surface area (Å²) in [5, 5.41) is 6.86. The Hall–Kier alpha value is -7.43. The maximum Gasteiger partial charge on any atom is 0.160 e. The fourth-order valence-corrected chi connectivity index (χ4v) is 8.18. The first-order valence-electron chi connectivity index (χ1n) is 18.6. The van der Waals surface area contributed by atoms with Crippen LogP contribution in [0.25, 0.3) is 105 Å². The summed E-state index contributed by atoms with van der Waals surface area (Å²) in [6.45, 7) is 0. The van der Waals surface area contributed by atoms with Crippen LogP contribution < -0.4 is 0 Å². The lowest BCUT2D eigenvalue weighted by molar-refractivity contribution is 1.18. The van der Waals surface area contributed by atoms with Gasteiger partial charge in [-0.2, -0.15) is 0 Å². The summed E-state index contributed by atoms with van der Waals surface area (Å²) in [6.07, 6.45) is 0. The standard InChI is InChI=1S/C51H32N4/c1-4-15-33(16-5-1)49-40-24-11-10-23-39(40)42-32-48-44(31-46(42)52-49)43-30-36(27-28-47(43)55(48)38-21-8-3-9-22-38)35-19-14-20-37(29-35)51-53-45-26-13-12-25-41(45)50(54-51)34-17-6-2-7-18-34/h1-32H. The molecule has 11 rings (SSSR count). The number of rotatable bonds is 5. The molecular weight excluding hydrogens is 669 g/mol. The molecule has 3 aromatic heterocycles. The van der Waals surface area contributed by atoms with Crippen LogP contribution in [0.4, 0.5) is 0 Å². The van der Waals surface area contributed by atoms with Crippen molar-refractivity contribution in [1.82, 2.24) is 19.5 Å². The van der Waals surface area contributed by atoms with Crippen molar-refractivity contribution < 1.29 is 0 Å². The van der Waals surface area contributed by atoms with Crippen molar-refractivity contribution in [2.45, 2.75) is 0 Å². The number of nitrogens with zero attached hydrogens (tertiary/aromatic N) is 4. The normalized spacial score (nSPS) is 11.6. The molecule has 0 atom stereocenters. The highest BCUT2D eigenvalue weighted by atomic mass is 15.0. The van der Waals surface area contributed by atoms with Gasteiger partial charge in [-0.25, -0.2) is 15.0 Å². The largest absolute Gasteiger partial charge is 0.309 e. The molecule has 0 saturated heterocycles. The van der Waals surface area contributed by atoms with E-state index < -0.39 is 0 Å². The summed E-state index contributed by atoms with van der Waals surface area (Å²) in [5.74, 6) is 0.708. The van der Waals surface area contributed by atoms with Crippen molar-refractivity contribution in [2.24, 2.45) is 0 Å². The summed E-state index contributed by atoms with van der Waals surface area (Å²) >= 11 is 0. The van der Waals surface area contributed by atoms with Gasteiger partial charge >= 0.3 is 0 Å². The van der Waals surface area contributed by atoms with Crippen molar-refractivity contribution in [2.75, 3.05) is 0 Å². The molecule has 0 fully saturated rings. The lowest BCUT2D eigenvalue weighted by atomic mass is 9.98. The molecule has 0 bridgehead atoms. The van der Waals surface area contributed by atoms with Gasteiger partial charge in [-0.05, 0) is 65.0 Å². The van der Waals surface area contributed by atoms with Crippen LogP contribution in [-0.2, 0) is 0 Å². The number of para-hydroxylation sites is 2. The molecule has 0 unspecified atom stereocenters. The van der Waals surface area contributed by atoms with E-state index in [1.54, 1.807) is 0 Å². The van der Waals surface area contributed by atoms with E-state index in [1.807, 2.05) is 18.2 Å². The molecule has 256 valence electrons. The highest BCUT2D eigenvalue weighted by molar-refractivity contribution is 6.19. The smallest absolute Gasteiger partial charge is 0.160 e. The molecule has 3 heterocycles. The van der Waals surface area contributed by atoms with Gasteiger partial charge in [0.1, 0.15) is 0 Å². The third kappa shape index (κ3) is 5.19. The lowest BCUT2D eigenvalue weighted by Gasteiger charge is -2.12. The van der Waals surface area contributed by atoms with Crippen LogP contribution in [0.15, 0.2) is 194 Å². The van der Waals surface area contributed by atoms with Crippen LogP contribution in [0.5, 0.6) is 0 Å². The predicted octanol–water partition coefficient (Wildman–Crippen LogP) is 13.1. The molecule has 4 nitrogen and oxygen atoms in total. The molecule has 0 aliphatic rings. The second kappa shape index (κ2) is 12.6. The third-order valence-corrected chi connectivity index (χ3v) is 10.8. The second-order valence-corrected chi connectivity index (χ2v) is 14.0. The highest BCUT2D eigenvalue weighted by Crippen LogP contribution is 2.40. The van der Waals surface area contributed by atoms with Gasteiger partial charge in [0.25, 0.3) is 0 Å². The van der Waals surface area contributed by atoms with Crippen molar-refractivity contribution in [3.8, 4) is 50.7 Å². The average molecular weight is 701 g/mol. The van der Waals surface area contributed by atoms with Gasteiger partial charge in [-0.15, -0.1) is 0 Å². The molecule has 8 aromatic carbocycles. The molecule has 0 radical (unpaired) electrons. The van der Waals surface area contributed by atoms with E-state index in [1.165, 1.54) is 10.8 Å². The van der Waals surface area contributed by atoms with Crippen LogP contribution in [0.3, 0.4) is 0 Å². The second-order valence-electron chi connectivity index (χ2n) is 14.0. The fraction of sp³-hybridized carbons (Fsp3) is 0. The molecule has 0 spiro atoms. The van der Waals surface area contributed by atoms with Gasteiger partial charge in [0.15, 0.2) is 5.82 Å². The van der Waals surface area contributed by atoms with Crippen molar-refractivity contribution in [1.29, 1.82) is 0 Å². The molecule has 0 N–H and O–H groups in total. The summed E-state index contributed by atoms with van der Waals surface area (Å²) in [7, 11) is 0. The third-order valence-electron chi connectivity index (χ3n) is 10.8. The Labute approximate surface area is 317 Å². The predicted molar refractivity (Wildman–Crippen MR) is 228 cm³/mol. The monoisotopic (exact) mass is 700 g/mol. The molecule has 0 aliphatic carbocycles. The van der Waals surface area contributed by atoms with E-state index in [-0.39, 0.29) is 0 Å². The van der Waals surface area contributed by atoms with E-state index in [4.69, 9.17) is 15.0 Å². The number of aromatic nitrogens is 4. The first kappa shape index (κ1) is 31.1. The Morgan fingerprint density at radius 2 is 0.873 bits per heavy atom. The number of hydrogen-bond donors (Lipinski definition) is 0. The summed E-state index contributed by atoms with van der Waals surface area (Å²) in [5.41, 5.74) is 12.7. The Bertz CT molecular complexity index is 3240. The number of benzene rings is 8. The van der Waals surface area contributed by atoms with Gasteiger partial charge in [-0.1, -0.05) is 146 Å². The van der Waals surface area contributed by atoms with E-state index in [0.717, 1.165) is 88.5 Å². The van der Waals surface area contributed by atoms with E-state index in [0.29, 0.717) is 5.82 Å². The van der Waals surface area contributed by atoms with Gasteiger partial charge in [0, 0.05) is 49.3 Å². The van der Waals surface area contributed by atoms with Crippen LogP contribution in [0.2, 0.25) is 0 Å². The first-order chi connectivity index (χ1) is 27.3. The summed E-state index contributed by atoms with van der Waals surface area (Å²) in [4.78, 5) is 15.6. The molecule has 0 amide bonds. The van der Waals surface area contributed by atoms with E-state index in [9.17, 15) is 0 Å². The molecule has 0 aliphatic heterocycles. The highest BCUT2D eigenvalue weighted by Gasteiger charge is 2.18.